The summed E-state index contributed by atoms with van der Waals surface area (Å²) in [7, 11) is 1.93. The summed E-state index contributed by atoms with van der Waals surface area (Å²) in [5.74, 6) is 0. The van der Waals surface area contributed by atoms with Crippen molar-refractivity contribution in [3.63, 3.8) is 0 Å². The van der Waals surface area contributed by atoms with E-state index in [0.717, 1.165) is 22.9 Å². The first-order valence-corrected chi connectivity index (χ1v) is 6.95. The number of halogens is 1. The maximum absolute atomic E-state index is 6.10. The number of hydrogen-bond acceptors (Lipinski definition) is 3. The van der Waals surface area contributed by atoms with Gasteiger partial charge in [0.1, 0.15) is 0 Å². The molecular formula is C12H14ClN3S. The third-order valence-electron chi connectivity index (χ3n) is 3.13. The standard InChI is InChI=1S/C12H14ClN3S/c1-16-7-8(6-14-16)15-10-3-2-4-11-9(10)5-12(13)17-11/h5-7,10,15H,2-4H2,1H3. The van der Waals surface area contributed by atoms with Crippen LogP contribution in [0.25, 0.3) is 0 Å². The van der Waals surface area contributed by atoms with Crippen LogP contribution in [0.4, 0.5) is 5.69 Å². The van der Waals surface area contributed by atoms with Gasteiger partial charge in [0.15, 0.2) is 0 Å². The van der Waals surface area contributed by atoms with Crippen LogP contribution in [0.15, 0.2) is 18.5 Å². The zero-order valence-electron chi connectivity index (χ0n) is 9.61. The lowest BCUT2D eigenvalue weighted by atomic mass is 9.94. The number of nitrogens with zero attached hydrogens (tertiary/aromatic N) is 2. The minimum absolute atomic E-state index is 0.381. The van der Waals surface area contributed by atoms with Crippen molar-refractivity contribution in [2.24, 2.45) is 7.05 Å². The number of aryl methyl sites for hydroxylation is 2. The van der Waals surface area contributed by atoms with Crippen molar-refractivity contribution >= 4 is 28.6 Å². The highest BCUT2D eigenvalue weighted by atomic mass is 35.5. The third-order valence-corrected chi connectivity index (χ3v) is 4.47. The molecule has 3 rings (SSSR count). The molecule has 5 heteroatoms. The van der Waals surface area contributed by atoms with Gasteiger partial charge in [0.25, 0.3) is 0 Å². The number of anilines is 1. The summed E-state index contributed by atoms with van der Waals surface area (Å²) in [6.07, 6.45) is 7.42. The fourth-order valence-electron chi connectivity index (χ4n) is 2.37. The third kappa shape index (κ3) is 2.19. The molecular weight excluding hydrogens is 254 g/mol. The summed E-state index contributed by atoms with van der Waals surface area (Å²) in [6, 6.07) is 2.49. The van der Waals surface area contributed by atoms with Crippen molar-refractivity contribution in [2.75, 3.05) is 5.32 Å². The van der Waals surface area contributed by atoms with Crippen LogP contribution in [0.5, 0.6) is 0 Å². The van der Waals surface area contributed by atoms with Crippen LogP contribution in [0.1, 0.15) is 29.3 Å². The summed E-state index contributed by atoms with van der Waals surface area (Å²) in [5.41, 5.74) is 2.45. The van der Waals surface area contributed by atoms with Crippen molar-refractivity contribution in [2.45, 2.75) is 25.3 Å². The molecule has 0 saturated carbocycles. The largest absolute Gasteiger partial charge is 0.376 e. The van der Waals surface area contributed by atoms with E-state index >= 15 is 0 Å². The first kappa shape index (κ1) is 11.1. The van der Waals surface area contributed by atoms with Gasteiger partial charge < -0.3 is 5.32 Å². The van der Waals surface area contributed by atoms with E-state index in [2.05, 4.69) is 16.5 Å². The van der Waals surface area contributed by atoms with E-state index in [4.69, 9.17) is 11.6 Å². The van der Waals surface area contributed by atoms with Gasteiger partial charge in [-0.25, -0.2) is 0 Å². The number of aromatic nitrogens is 2. The van der Waals surface area contributed by atoms with Gasteiger partial charge in [0.05, 0.1) is 22.3 Å². The van der Waals surface area contributed by atoms with Crippen molar-refractivity contribution < 1.29 is 0 Å². The van der Waals surface area contributed by atoms with Crippen molar-refractivity contribution in [3.8, 4) is 0 Å². The normalized spacial score (nSPS) is 19.1. The maximum Gasteiger partial charge on any atom is 0.0934 e. The fraction of sp³-hybridized carbons (Fsp3) is 0.417. The maximum atomic E-state index is 6.10. The molecule has 17 heavy (non-hydrogen) atoms. The molecule has 90 valence electrons. The molecule has 2 aromatic heterocycles. The van der Waals surface area contributed by atoms with Crippen LogP contribution in [0, 0.1) is 0 Å². The van der Waals surface area contributed by atoms with Crippen molar-refractivity contribution in [3.05, 3.63) is 33.2 Å². The van der Waals surface area contributed by atoms with Gasteiger partial charge in [0, 0.05) is 18.1 Å². The topological polar surface area (TPSA) is 29.9 Å². The SMILES string of the molecule is Cn1cc(NC2CCCc3sc(Cl)cc32)cn1. The Hall–Kier alpha value is -1.00. The number of nitrogens with one attached hydrogen (secondary N) is 1. The second-order valence-corrected chi connectivity index (χ2v) is 6.19. The van der Waals surface area contributed by atoms with E-state index in [-0.39, 0.29) is 0 Å². The molecule has 1 aliphatic carbocycles. The minimum Gasteiger partial charge on any atom is -0.376 e. The quantitative estimate of drug-likeness (QED) is 0.901. The average Bonchev–Trinajstić information content (AvgIpc) is 2.84. The Labute approximate surface area is 109 Å². The number of hydrogen-bond donors (Lipinski definition) is 1. The van der Waals surface area contributed by atoms with Crippen LogP contribution in [-0.4, -0.2) is 9.78 Å². The first-order chi connectivity index (χ1) is 8.22. The van der Waals surface area contributed by atoms with Gasteiger partial charge in [-0.2, -0.15) is 5.10 Å². The van der Waals surface area contributed by atoms with Crippen LogP contribution in [0.3, 0.4) is 0 Å². The van der Waals surface area contributed by atoms with Gasteiger partial charge in [0.2, 0.25) is 0 Å². The number of fused-ring (bicyclic) bond motifs is 1. The van der Waals surface area contributed by atoms with Crippen LogP contribution in [-0.2, 0) is 13.5 Å². The molecule has 0 saturated heterocycles. The number of rotatable bonds is 2. The lowest BCUT2D eigenvalue weighted by Gasteiger charge is -2.23. The van der Waals surface area contributed by atoms with E-state index in [1.165, 1.54) is 16.9 Å². The van der Waals surface area contributed by atoms with Gasteiger partial charge in [-0.3, -0.25) is 4.68 Å². The molecule has 2 aromatic rings. The Morgan fingerprint density at radius 1 is 1.59 bits per heavy atom. The first-order valence-electron chi connectivity index (χ1n) is 5.75. The van der Waals surface area contributed by atoms with E-state index in [1.54, 1.807) is 11.3 Å². The zero-order chi connectivity index (χ0) is 11.8. The molecule has 0 spiro atoms. The lowest BCUT2D eigenvalue weighted by molar-refractivity contribution is 0.609. The average molecular weight is 268 g/mol. The molecule has 1 atom stereocenters. The lowest BCUT2D eigenvalue weighted by Crippen LogP contribution is -2.15. The summed E-state index contributed by atoms with van der Waals surface area (Å²) in [5, 5.41) is 7.71. The molecule has 2 heterocycles. The highest BCUT2D eigenvalue weighted by molar-refractivity contribution is 7.16. The summed E-state index contributed by atoms with van der Waals surface area (Å²) < 4.78 is 2.71. The molecule has 0 bridgehead atoms. The molecule has 1 aliphatic rings. The molecule has 0 amide bonds. The Kier molecular flexibility index (Phi) is 2.84. The fourth-order valence-corrected chi connectivity index (χ4v) is 3.75. The Morgan fingerprint density at radius 3 is 3.24 bits per heavy atom. The summed E-state index contributed by atoms with van der Waals surface area (Å²) >= 11 is 7.81. The molecule has 1 N–H and O–H groups in total. The summed E-state index contributed by atoms with van der Waals surface area (Å²) in [4.78, 5) is 1.43. The predicted molar refractivity (Wildman–Crippen MR) is 71.8 cm³/mol. The van der Waals surface area contributed by atoms with Gasteiger partial charge in [-0.15, -0.1) is 11.3 Å². The molecule has 0 aliphatic heterocycles. The highest BCUT2D eigenvalue weighted by Crippen LogP contribution is 2.39. The van der Waals surface area contributed by atoms with Crippen molar-refractivity contribution in [1.82, 2.24) is 9.78 Å². The smallest absolute Gasteiger partial charge is 0.0934 e. The second kappa shape index (κ2) is 4.35. The summed E-state index contributed by atoms with van der Waals surface area (Å²) in [6.45, 7) is 0. The Morgan fingerprint density at radius 2 is 2.47 bits per heavy atom. The van der Waals surface area contributed by atoms with Gasteiger partial charge in [-0.1, -0.05) is 11.6 Å². The van der Waals surface area contributed by atoms with Crippen LogP contribution >= 0.6 is 22.9 Å². The monoisotopic (exact) mass is 267 g/mol. The highest BCUT2D eigenvalue weighted by Gasteiger charge is 2.22. The Bertz CT molecular complexity index is 532. The van der Waals surface area contributed by atoms with E-state index in [9.17, 15) is 0 Å². The predicted octanol–water partition coefficient (Wildman–Crippen LogP) is 3.62. The van der Waals surface area contributed by atoms with E-state index in [1.807, 2.05) is 24.1 Å². The molecule has 1 unspecified atom stereocenters. The molecule has 0 radical (unpaired) electrons. The zero-order valence-corrected chi connectivity index (χ0v) is 11.2. The van der Waals surface area contributed by atoms with Crippen molar-refractivity contribution in [1.29, 1.82) is 0 Å². The van der Waals surface area contributed by atoms with Crippen LogP contribution < -0.4 is 5.32 Å². The Balaban J connectivity index is 1.85. The van der Waals surface area contributed by atoms with Crippen LogP contribution in [0.2, 0.25) is 4.34 Å². The molecule has 0 fully saturated rings. The molecule has 3 nitrogen and oxygen atoms in total. The minimum atomic E-state index is 0.381. The van der Waals surface area contributed by atoms with Gasteiger partial charge >= 0.3 is 0 Å². The van der Waals surface area contributed by atoms with E-state index < -0.39 is 0 Å². The molecule has 0 aromatic carbocycles. The second-order valence-electron chi connectivity index (χ2n) is 4.42. The van der Waals surface area contributed by atoms with Gasteiger partial charge in [-0.05, 0) is 30.9 Å². The number of thiophene rings is 1. The van der Waals surface area contributed by atoms with E-state index in [0.29, 0.717) is 6.04 Å².